The summed E-state index contributed by atoms with van der Waals surface area (Å²) in [5.41, 5.74) is 7.65. The summed E-state index contributed by atoms with van der Waals surface area (Å²) >= 11 is 0. The van der Waals surface area contributed by atoms with E-state index in [1.165, 1.54) is 5.56 Å². The fourth-order valence-electron chi connectivity index (χ4n) is 6.11. The van der Waals surface area contributed by atoms with Crippen molar-refractivity contribution >= 4 is 23.7 Å². The van der Waals surface area contributed by atoms with E-state index in [-0.39, 0.29) is 24.0 Å². The molecule has 2 aliphatic rings. The fourth-order valence-corrected chi connectivity index (χ4v) is 6.11. The summed E-state index contributed by atoms with van der Waals surface area (Å²) in [6.07, 6.45) is 6.99. The topological polar surface area (TPSA) is 172 Å². The van der Waals surface area contributed by atoms with Gasteiger partial charge in [0.05, 0.1) is 24.7 Å². The number of urea groups is 1. The zero-order valence-corrected chi connectivity index (χ0v) is 29.6. The summed E-state index contributed by atoms with van der Waals surface area (Å²) in [6.45, 7) is 12.1. The van der Waals surface area contributed by atoms with E-state index < -0.39 is 17.4 Å². The van der Waals surface area contributed by atoms with Crippen molar-refractivity contribution in [3.8, 4) is 5.88 Å². The molecule has 4 heterocycles. The molecule has 1 saturated heterocycles. The van der Waals surface area contributed by atoms with Crippen LogP contribution in [-0.2, 0) is 27.2 Å². The molecule has 0 saturated carbocycles. The second kappa shape index (κ2) is 17.6. The van der Waals surface area contributed by atoms with E-state index in [0.717, 1.165) is 50.2 Å². The van der Waals surface area contributed by atoms with Crippen LogP contribution in [0.2, 0.25) is 0 Å². The number of amides is 3. The van der Waals surface area contributed by atoms with Gasteiger partial charge in [0.1, 0.15) is 5.82 Å². The number of aryl methyl sites for hydroxylation is 2. The minimum atomic E-state index is -0.989. The number of carboxylic acids is 1. The van der Waals surface area contributed by atoms with Gasteiger partial charge >= 0.3 is 12.0 Å². The third-order valence-corrected chi connectivity index (χ3v) is 9.27. The van der Waals surface area contributed by atoms with Gasteiger partial charge in [0.15, 0.2) is 0 Å². The van der Waals surface area contributed by atoms with E-state index >= 15 is 0 Å². The fraction of sp³-hybridized carbons (Fsp3) is 0.639. The number of hydrogen-bond donors (Lipinski definition) is 4. The average molecular weight is 682 g/mol. The van der Waals surface area contributed by atoms with Crippen molar-refractivity contribution in [2.75, 3.05) is 57.8 Å². The molecule has 270 valence electrons. The Morgan fingerprint density at radius 3 is 2.65 bits per heavy atom. The highest BCUT2D eigenvalue weighted by atomic mass is 16.5. The van der Waals surface area contributed by atoms with Crippen LogP contribution in [0.5, 0.6) is 5.88 Å². The lowest BCUT2D eigenvalue weighted by molar-refractivity contribution is -0.138. The van der Waals surface area contributed by atoms with Crippen LogP contribution in [0.1, 0.15) is 89.1 Å². The molecule has 2 aromatic rings. The largest absolute Gasteiger partial charge is 0.481 e. The molecule has 13 nitrogen and oxygen atoms in total. The zero-order chi connectivity index (χ0) is 35.4. The Hall–Kier alpha value is -3.97. The summed E-state index contributed by atoms with van der Waals surface area (Å²) in [4.78, 5) is 50.5. The summed E-state index contributed by atoms with van der Waals surface area (Å²) in [5, 5.41) is 16.0. The van der Waals surface area contributed by atoms with Gasteiger partial charge in [-0.25, -0.2) is 14.8 Å². The van der Waals surface area contributed by atoms with Gasteiger partial charge in [-0.3, -0.25) is 9.59 Å². The molecule has 3 amide bonds. The van der Waals surface area contributed by atoms with Crippen LogP contribution in [-0.4, -0.2) is 101 Å². The standard InChI is InChI=1S/C36H55N7O6/c1-35(2,15-23-49-36(3,4)14-16-37)33(46)39-18-7-22-48-30-13-11-27(25-40-30)29(24-31(44)45)43-21-20-42(34(43)47)19-6-9-28-12-10-26-8-5-17-38-32(26)41-28/h10-13,25,29H,5-9,14-24,37H2,1-4H3,(H,38,41)(H,39,46)(H,44,45)/t29-/m0/s1. The SMILES string of the molecule is CC(C)(CCN)OCCC(C)(C)C(=O)NCCCOc1ccc([C@H](CC(=O)O)N2CCN(CCCc3ccc4c(n3)NCCC4)C2=O)cn1. The number of carbonyl (C=O) groups excluding carboxylic acids is 2. The first kappa shape index (κ1) is 37.8. The number of carboxylic acid groups (broad SMARTS) is 1. The Kier molecular flexibility index (Phi) is 13.6. The third-order valence-electron chi connectivity index (χ3n) is 9.27. The minimum absolute atomic E-state index is 0.0429. The molecular formula is C36H55N7O6. The van der Waals surface area contributed by atoms with Gasteiger partial charge < -0.3 is 40.7 Å². The predicted octanol–water partition coefficient (Wildman–Crippen LogP) is 4.17. The first-order valence-corrected chi connectivity index (χ1v) is 17.6. The van der Waals surface area contributed by atoms with Crippen molar-refractivity contribution in [1.29, 1.82) is 0 Å². The van der Waals surface area contributed by atoms with E-state index in [4.69, 9.17) is 20.2 Å². The number of nitrogens with two attached hydrogens (primary N) is 1. The first-order valence-electron chi connectivity index (χ1n) is 17.6. The molecule has 5 N–H and O–H groups in total. The summed E-state index contributed by atoms with van der Waals surface area (Å²) in [6, 6.07) is 6.86. The maximum Gasteiger partial charge on any atom is 0.320 e. The number of anilines is 1. The predicted molar refractivity (Wildman–Crippen MR) is 187 cm³/mol. The van der Waals surface area contributed by atoms with Crippen molar-refractivity contribution in [2.45, 2.75) is 90.7 Å². The summed E-state index contributed by atoms with van der Waals surface area (Å²) in [7, 11) is 0. The molecule has 4 rings (SSSR count). The van der Waals surface area contributed by atoms with Crippen molar-refractivity contribution in [3.63, 3.8) is 0 Å². The normalized spacial score (nSPS) is 15.5. The van der Waals surface area contributed by atoms with Gasteiger partial charge in [-0.05, 0) is 82.5 Å². The smallest absolute Gasteiger partial charge is 0.320 e. The van der Waals surface area contributed by atoms with Crippen molar-refractivity contribution in [3.05, 3.63) is 47.3 Å². The summed E-state index contributed by atoms with van der Waals surface area (Å²) < 4.78 is 11.7. The number of aromatic nitrogens is 2. The number of nitrogens with one attached hydrogen (secondary N) is 2. The number of rotatable bonds is 20. The molecule has 49 heavy (non-hydrogen) atoms. The van der Waals surface area contributed by atoms with E-state index in [1.54, 1.807) is 28.1 Å². The van der Waals surface area contributed by atoms with Crippen molar-refractivity contribution in [2.24, 2.45) is 11.1 Å². The molecular weight excluding hydrogens is 626 g/mol. The van der Waals surface area contributed by atoms with Crippen LogP contribution in [0, 0.1) is 5.41 Å². The number of carbonyl (C=O) groups is 3. The monoisotopic (exact) mass is 681 g/mol. The molecule has 0 aromatic carbocycles. The number of hydrogen-bond acceptors (Lipinski definition) is 9. The zero-order valence-electron chi connectivity index (χ0n) is 29.6. The minimum Gasteiger partial charge on any atom is -0.481 e. The van der Waals surface area contributed by atoms with E-state index in [9.17, 15) is 19.5 Å². The Morgan fingerprint density at radius 2 is 1.92 bits per heavy atom. The highest BCUT2D eigenvalue weighted by Crippen LogP contribution is 2.29. The first-order chi connectivity index (χ1) is 23.4. The van der Waals surface area contributed by atoms with Crippen molar-refractivity contribution < 1.29 is 29.0 Å². The van der Waals surface area contributed by atoms with Gasteiger partial charge in [0.25, 0.3) is 0 Å². The molecule has 0 aliphatic carbocycles. The Bertz CT molecular complexity index is 1400. The maximum absolute atomic E-state index is 13.4. The van der Waals surface area contributed by atoms with Crippen molar-refractivity contribution in [1.82, 2.24) is 25.1 Å². The maximum atomic E-state index is 13.4. The third kappa shape index (κ3) is 11.3. The van der Waals surface area contributed by atoms with Gasteiger partial charge in [0, 0.05) is 62.7 Å². The van der Waals surface area contributed by atoms with Gasteiger partial charge in [-0.2, -0.15) is 0 Å². The lowest BCUT2D eigenvalue weighted by Gasteiger charge is -2.28. The highest BCUT2D eigenvalue weighted by Gasteiger charge is 2.35. The van der Waals surface area contributed by atoms with E-state index in [2.05, 4.69) is 27.8 Å². The Labute approximate surface area is 290 Å². The second-order valence-corrected chi connectivity index (χ2v) is 14.2. The molecule has 0 radical (unpaired) electrons. The van der Waals surface area contributed by atoms with Gasteiger partial charge in [-0.1, -0.05) is 26.0 Å². The van der Waals surface area contributed by atoms with Crippen LogP contribution in [0.3, 0.4) is 0 Å². The van der Waals surface area contributed by atoms with Crippen LogP contribution < -0.4 is 21.1 Å². The Balaban J connectivity index is 1.20. The summed E-state index contributed by atoms with van der Waals surface area (Å²) in [5.74, 6) is 0.330. The van der Waals surface area contributed by atoms with Crippen LogP contribution in [0.4, 0.5) is 10.6 Å². The quantitative estimate of drug-likeness (QED) is 0.149. The number of ether oxygens (including phenoxy) is 2. The number of fused-ring (bicyclic) bond motifs is 1. The second-order valence-electron chi connectivity index (χ2n) is 14.2. The molecule has 0 bridgehead atoms. The van der Waals surface area contributed by atoms with E-state index in [1.807, 2.05) is 27.7 Å². The molecule has 0 unspecified atom stereocenters. The average Bonchev–Trinajstić information content (AvgIpc) is 3.42. The van der Waals surface area contributed by atoms with Crippen LogP contribution in [0.15, 0.2) is 30.5 Å². The lowest BCUT2D eigenvalue weighted by atomic mass is 9.88. The Morgan fingerprint density at radius 1 is 1.10 bits per heavy atom. The molecule has 1 atom stereocenters. The van der Waals surface area contributed by atoms with Gasteiger partial charge in [0.2, 0.25) is 11.8 Å². The van der Waals surface area contributed by atoms with Gasteiger partial charge in [-0.15, -0.1) is 0 Å². The molecule has 2 aromatic heterocycles. The van der Waals surface area contributed by atoms with E-state index in [0.29, 0.717) is 70.2 Å². The number of nitrogens with zero attached hydrogens (tertiary/aromatic N) is 4. The number of pyridine rings is 2. The van der Waals surface area contributed by atoms with Crippen LogP contribution in [0.25, 0.3) is 0 Å². The number of aliphatic carboxylic acids is 1. The molecule has 2 aliphatic heterocycles. The molecule has 1 fully saturated rings. The lowest BCUT2D eigenvalue weighted by Crippen LogP contribution is -2.39. The highest BCUT2D eigenvalue weighted by molar-refractivity contribution is 5.81. The molecule has 0 spiro atoms. The molecule has 13 heteroatoms. The van der Waals surface area contributed by atoms with Crippen LogP contribution >= 0.6 is 0 Å².